The summed E-state index contributed by atoms with van der Waals surface area (Å²) in [5, 5.41) is 0.427. The molecule has 112 valence electrons. The fraction of sp³-hybridized carbons (Fsp3) is 0.625. The Morgan fingerprint density at radius 3 is 2.65 bits per heavy atom. The molecule has 2 nitrogen and oxygen atoms in total. The quantitative estimate of drug-likeness (QED) is 0.918. The van der Waals surface area contributed by atoms with Gasteiger partial charge in [0.25, 0.3) is 0 Å². The highest BCUT2D eigenvalue weighted by Gasteiger charge is 2.35. The first-order chi connectivity index (χ1) is 9.32. The van der Waals surface area contributed by atoms with Gasteiger partial charge in [0.2, 0.25) is 0 Å². The molecular weight excluding hydrogens is 275 g/mol. The molecule has 0 spiro atoms. The molecule has 0 bridgehead atoms. The summed E-state index contributed by atoms with van der Waals surface area (Å²) in [6.45, 7) is 9.18. The van der Waals surface area contributed by atoms with Crippen LogP contribution in [0, 0.1) is 17.2 Å². The number of rotatable bonds is 3. The molecule has 1 heterocycles. The fourth-order valence-corrected chi connectivity index (χ4v) is 3.18. The fourth-order valence-electron chi connectivity index (χ4n) is 3.02. The Morgan fingerprint density at radius 2 is 2.15 bits per heavy atom. The molecule has 1 fully saturated rings. The predicted octanol–water partition coefficient (Wildman–Crippen LogP) is 3.85. The van der Waals surface area contributed by atoms with Crippen molar-refractivity contribution in [2.24, 2.45) is 17.1 Å². The summed E-state index contributed by atoms with van der Waals surface area (Å²) < 4.78 is 14.1. The Kier molecular flexibility index (Phi) is 4.73. The third kappa shape index (κ3) is 3.33. The molecule has 4 heteroatoms. The number of hydrogen-bond acceptors (Lipinski definition) is 2. The summed E-state index contributed by atoms with van der Waals surface area (Å²) in [7, 11) is 0. The van der Waals surface area contributed by atoms with Crippen LogP contribution >= 0.6 is 11.6 Å². The molecule has 2 unspecified atom stereocenters. The van der Waals surface area contributed by atoms with E-state index in [2.05, 4.69) is 25.7 Å². The van der Waals surface area contributed by atoms with Crippen molar-refractivity contribution in [3.05, 3.63) is 34.6 Å². The molecule has 0 aliphatic carbocycles. The highest BCUT2D eigenvalue weighted by Crippen LogP contribution is 2.37. The van der Waals surface area contributed by atoms with Gasteiger partial charge in [0, 0.05) is 29.7 Å². The summed E-state index contributed by atoms with van der Waals surface area (Å²) >= 11 is 5.82. The Balaban J connectivity index is 2.17. The van der Waals surface area contributed by atoms with E-state index in [1.807, 2.05) is 0 Å². The normalized spacial score (nSPS) is 22.2. The van der Waals surface area contributed by atoms with E-state index in [-0.39, 0.29) is 17.3 Å². The van der Waals surface area contributed by atoms with Crippen LogP contribution in [0.25, 0.3) is 0 Å². The molecule has 0 aromatic heterocycles. The molecule has 0 amide bonds. The zero-order valence-corrected chi connectivity index (χ0v) is 13.3. The zero-order valence-electron chi connectivity index (χ0n) is 12.5. The van der Waals surface area contributed by atoms with Gasteiger partial charge in [0.05, 0.1) is 0 Å². The van der Waals surface area contributed by atoms with E-state index < -0.39 is 0 Å². The SMILES string of the molecule is CC(C)(C)C1CCN(C(CN)c2ccc(Cl)cc2F)C1. The molecule has 20 heavy (non-hydrogen) atoms. The van der Waals surface area contributed by atoms with Crippen LogP contribution in [0.4, 0.5) is 4.39 Å². The van der Waals surface area contributed by atoms with Gasteiger partial charge in [0.15, 0.2) is 0 Å². The average Bonchev–Trinajstić information content (AvgIpc) is 2.82. The lowest BCUT2D eigenvalue weighted by Gasteiger charge is -2.30. The van der Waals surface area contributed by atoms with Gasteiger partial charge in [-0.05, 0) is 36.4 Å². The van der Waals surface area contributed by atoms with Crippen molar-refractivity contribution >= 4 is 11.6 Å². The lowest BCUT2D eigenvalue weighted by Crippen LogP contribution is -2.34. The van der Waals surface area contributed by atoms with Crippen LogP contribution in [-0.2, 0) is 0 Å². The minimum Gasteiger partial charge on any atom is -0.329 e. The molecule has 0 saturated carbocycles. The number of nitrogens with zero attached hydrogens (tertiary/aromatic N) is 1. The van der Waals surface area contributed by atoms with Crippen molar-refractivity contribution in [2.45, 2.75) is 33.2 Å². The minimum atomic E-state index is -0.257. The second-order valence-electron chi connectivity index (χ2n) is 6.76. The van der Waals surface area contributed by atoms with Gasteiger partial charge in [-0.2, -0.15) is 0 Å². The van der Waals surface area contributed by atoms with Crippen LogP contribution < -0.4 is 5.73 Å². The maximum Gasteiger partial charge on any atom is 0.129 e. The van der Waals surface area contributed by atoms with Crippen LogP contribution in [0.3, 0.4) is 0 Å². The van der Waals surface area contributed by atoms with Gasteiger partial charge >= 0.3 is 0 Å². The van der Waals surface area contributed by atoms with Crippen molar-refractivity contribution in [1.82, 2.24) is 4.90 Å². The number of benzene rings is 1. The lowest BCUT2D eigenvalue weighted by atomic mass is 9.80. The second-order valence-corrected chi connectivity index (χ2v) is 7.20. The standard InChI is InChI=1S/C16H24ClFN2/c1-16(2,3)11-6-7-20(10-11)15(9-19)13-5-4-12(17)8-14(13)18/h4-5,8,11,15H,6-7,9-10,19H2,1-3H3. The maximum absolute atomic E-state index is 14.1. The van der Waals surface area contributed by atoms with Gasteiger partial charge in [-0.3, -0.25) is 4.90 Å². The Labute approximate surface area is 126 Å². The van der Waals surface area contributed by atoms with Crippen molar-refractivity contribution in [1.29, 1.82) is 0 Å². The van der Waals surface area contributed by atoms with Crippen molar-refractivity contribution in [2.75, 3.05) is 19.6 Å². The summed E-state index contributed by atoms with van der Waals surface area (Å²) in [4.78, 5) is 2.31. The van der Waals surface area contributed by atoms with Crippen molar-refractivity contribution in [3.63, 3.8) is 0 Å². The number of hydrogen-bond donors (Lipinski definition) is 1. The molecule has 2 N–H and O–H groups in total. The zero-order chi connectivity index (χ0) is 14.9. The molecule has 2 atom stereocenters. The first-order valence-electron chi connectivity index (χ1n) is 7.22. The van der Waals surface area contributed by atoms with Gasteiger partial charge in [-0.1, -0.05) is 38.4 Å². The Bertz CT molecular complexity index is 470. The van der Waals surface area contributed by atoms with E-state index in [0.717, 1.165) is 19.5 Å². The highest BCUT2D eigenvalue weighted by molar-refractivity contribution is 6.30. The topological polar surface area (TPSA) is 29.3 Å². The Hall–Kier alpha value is -0.640. The molecule has 1 aliphatic rings. The minimum absolute atomic E-state index is 0.0559. The van der Waals surface area contributed by atoms with Crippen LogP contribution in [0.1, 0.15) is 38.8 Å². The average molecular weight is 299 g/mol. The summed E-state index contributed by atoms with van der Waals surface area (Å²) in [6.07, 6.45) is 1.15. The van der Waals surface area contributed by atoms with Crippen LogP contribution in [0.2, 0.25) is 5.02 Å². The van der Waals surface area contributed by atoms with E-state index in [0.29, 0.717) is 23.0 Å². The van der Waals surface area contributed by atoms with E-state index >= 15 is 0 Å². The van der Waals surface area contributed by atoms with Crippen LogP contribution in [0.5, 0.6) is 0 Å². The van der Waals surface area contributed by atoms with Crippen LogP contribution in [0.15, 0.2) is 18.2 Å². The third-order valence-corrected chi connectivity index (χ3v) is 4.67. The smallest absolute Gasteiger partial charge is 0.129 e. The van der Waals surface area contributed by atoms with E-state index in [1.54, 1.807) is 12.1 Å². The van der Waals surface area contributed by atoms with Gasteiger partial charge in [-0.25, -0.2) is 4.39 Å². The van der Waals surface area contributed by atoms with Gasteiger partial charge in [0.1, 0.15) is 5.82 Å². The molecular formula is C16H24ClFN2. The summed E-state index contributed by atoms with van der Waals surface area (Å²) in [5.74, 6) is 0.374. The number of likely N-dealkylation sites (tertiary alicyclic amines) is 1. The number of nitrogens with two attached hydrogens (primary N) is 1. The van der Waals surface area contributed by atoms with E-state index in [1.165, 1.54) is 6.07 Å². The highest BCUT2D eigenvalue weighted by atomic mass is 35.5. The van der Waals surface area contributed by atoms with Crippen molar-refractivity contribution in [3.8, 4) is 0 Å². The molecule has 1 aliphatic heterocycles. The monoisotopic (exact) mass is 298 g/mol. The summed E-state index contributed by atoms with van der Waals surface area (Å²) in [6, 6.07) is 4.82. The predicted molar refractivity (Wildman–Crippen MR) is 82.3 cm³/mol. The third-order valence-electron chi connectivity index (χ3n) is 4.43. The number of halogens is 2. The van der Waals surface area contributed by atoms with Crippen molar-refractivity contribution < 1.29 is 4.39 Å². The second kappa shape index (κ2) is 6.00. The molecule has 0 radical (unpaired) electrons. The molecule has 1 aromatic rings. The maximum atomic E-state index is 14.1. The lowest BCUT2D eigenvalue weighted by molar-refractivity contribution is 0.195. The first kappa shape index (κ1) is 15.7. The van der Waals surface area contributed by atoms with Crippen LogP contribution in [-0.4, -0.2) is 24.5 Å². The largest absolute Gasteiger partial charge is 0.329 e. The molecule has 1 aromatic carbocycles. The first-order valence-corrected chi connectivity index (χ1v) is 7.59. The molecule has 1 saturated heterocycles. The summed E-state index contributed by atoms with van der Waals surface area (Å²) in [5.41, 5.74) is 6.85. The Morgan fingerprint density at radius 1 is 1.45 bits per heavy atom. The van der Waals surface area contributed by atoms with E-state index in [4.69, 9.17) is 17.3 Å². The molecule has 2 rings (SSSR count). The van der Waals surface area contributed by atoms with E-state index in [9.17, 15) is 4.39 Å². The van der Waals surface area contributed by atoms with Gasteiger partial charge < -0.3 is 5.73 Å². The van der Waals surface area contributed by atoms with Gasteiger partial charge in [-0.15, -0.1) is 0 Å².